The minimum absolute atomic E-state index is 0.176. The molecule has 5 rings (SSSR count). The van der Waals surface area contributed by atoms with Gasteiger partial charge in [-0.1, -0.05) is 12.1 Å². The highest BCUT2D eigenvalue weighted by Gasteiger charge is 2.20. The van der Waals surface area contributed by atoms with Crippen LogP contribution in [0.15, 0.2) is 35.3 Å². The van der Waals surface area contributed by atoms with Gasteiger partial charge in [-0.15, -0.1) is 11.3 Å². The minimum atomic E-state index is -0.176. The third kappa shape index (κ3) is 2.79. The molecule has 1 N–H and O–H groups in total. The van der Waals surface area contributed by atoms with E-state index in [0.29, 0.717) is 15.9 Å². The van der Waals surface area contributed by atoms with Crippen LogP contribution < -0.4 is 5.56 Å². The highest BCUT2D eigenvalue weighted by molar-refractivity contribution is 7.18. The zero-order chi connectivity index (χ0) is 19.1. The predicted octanol–water partition coefficient (Wildman–Crippen LogP) is 3.87. The molecule has 3 heterocycles. The molecular formula is C21H15N5OS. The highest BCUT2D eigenvalue weighted by atomic mass is 32.1. The first-order chi connectivity index (χ1) is 13.7. The average Bonchev–Trinajstić information content (AvgIpc) is 3.10. The van der Waals surface area contributed by atoms with Gasteiger partial charge in [0.25, 0.3) is 5.56 Å². The van der Waals surface area contributed by atoms with Crippen molar-refractivity contribution in [2.24, 2.45) is 0 Å². The molecule has 0 bridgehead atoms. The SMILES string of the molecule is N#C/C(=C\c1cnc2ccccc2n1)c1nc2sc3c(c2c(=O)[nH]1)CCCC3. The highest BCUT2D eigenvalue weighted by Crippen LogP contribution is 2.33. The summed E-state index contributed by atoms with van der Waals surface area (Å²) in [4.78, 5) is 31.0. The Hall–Kier alpha value is -3.37. The molecule has 0 amide bonds. The Morgan fingerprint density at radius 1 is 1.18 bits per heavy atom. The smallest absolute Gasteiger partial charge is 0.260 e. The number of aromatic amines is 1. The van der Waals surface area contributed by atoms with Crippen LogP contribution in [0.5, 0.6) is 0 Å². The lowest BCUT2D eigenvalue weighted by Crippen LogP contribution is -2.12. The van der Waals surface area contributed by atoms with Gasteiger partial charge in [-0.2, -0.15) is 5.26 Å². The minimum Gasteiger partial charge on any atom is -0.305 e. The van der Waals surface area contributed by atoms with Crippen molar-refractivity contribution in [3.05, 3.63) is 62.8 Å². The normalized spacial score (nSPS) is 14.2. The van der Waals surface area contributed by atoms with Crippen LogP contribution in [0.4, 0.5) is 0 Å². The fraction of sp³-hybridized carbons (Fsp3) is 0.190. The van der Waals surface area contributed by atoms with Gasteiger partial charge in [-0.05, 0) is 49.5 Å². The van der Waals surface area contributed by atoms with E-state index in [0.717, 1.165) is 42.3 Å². The van der Waals surface area contributed by atoms with Gasteiger partial charge in [0.05, 0.1) is 33.9 Å². The molecule has 3 aromatic heterocycles. The standard InChI is InChI=1S/C21H15N5OS/c22-10-12(9-13-11-23-15-6-2-3-7-16(15)24-13)19-25-20(27)18-14-5-1-4-8-17(14)28-21(18)26-19/h2-3,6-7,9,11H,1,4-5,8H2,(H,25,26,27)/b12-9+. The summed E-state index contributed by atoms with van der Waals surface area (Å²) >= 11 is 1.57. The number of para-hydroxylation sites is 2. The summed E-state index contributed by atoms with van der Waals surface area (Å²) in [5.41, 5.74) is 3.30. The van der Waals surface area contributed by atoms with Crippen molar-refractivity contribution in [2.75, 3.05) is 0 Å². The summed E-state index contributed by atoms with van der Waals surface area (Å²) in [5.74, 6) is 0.272. The van der Waals surface area contributed by atoms with Gasteiger partial charge < -0.3 is 4.98 Å². The van der Waals surface area contributed by atoms with E-state index >= 15 is 0 Å². The Labute approximate surface area is 164 Å². The number of nitriles is 1. The molecule has 0 fully saturated rings. The Kier molecular flexibility index (Phi) is 3.99. The Balaban J connectivity index is 1.63. The number of thiophene rings is 1. The molecule has 0 aliphatic heterocycles. The van der Waals surface area contributed by atoms with Crippen LogP contribution in [0.3, 0.4) is 0 Å². The van der Waals surface area contributed by atoms with Crippen molar-refractivity contribution in [1.29, 1.82) is 5.26 Å². The molecule has 136 valence electrons. The van der Waals surface area contributed by atoms with E-state index in [9.17, 15) is 10.1 Å². The lowest BCUT2D eigenvalue weighted by atomic mass is 9.97. The predicted molar refractivity (Wildman–Crippen MR) is 110 cm³/mol. The molecular weight excluding hydrogens is 370 g/mol. The maximum atomic E-state index is 12.7. The number of aromatic nitrogens is 4. The molecule has 28 heavy (non-hydrogen) atoms. The lowest BCUT2D eigenvalue weighted by Gasteiger charge is -2.09. The first-order valence-corrected chi connectivity index (χ1v) is 9.93. The molecule has 7 heteroatoms. The quantitative estimate of drug-likeness (QED) is 0.529. The van der Waals surface area contributed by atoms with Gasteiger partial charge in [0.15, 0.2) is 5.82 Å². The Morgan fingerprint density at radius 2 is 2.00 bits per heavy atom. The van der Waals surface area contributed by atoms with E-state index in [1.807, 2.05) is 24.3 Å². The molecule has 0 radical (unpaired) electrons. The van der Waals surface area contributed by atoms with Gasteiger partial charge in [0.1, 0.15) is 10.9 Å². The van der Waals surface area contributed by atoms with Crippen molar-refractivity contribution in [3.8, 4) is 6.07 Å². The third-order valence-electron chi connectivity index (χ3n) is 4.96. The molecule has 0 saturated heterocycles. The van der Waals surface area contributed by atoms with Crippen molar-refractivity contribution in [2.45, 2.75) is 25.7 Å². The number of rotatable bonds is 2. The molecule has 0 saturated carbocycles. The summed E-state index contributed by atoms with van der Waals surface area (Å²) in [6.45, 7) is 0. The van der Waals surface area contributed by atoms with Crippen LogP contribution in [-0.2, 0) is 12.8 Å². The van der Waals surface area contributed by atoms with Gasteiger partial charge in [0.2, 0.25) is 0 Å². The zero-order valence-electron chi connectivity index (χ0n) is 14.9. The van der Waals surface area contributed by atoms with Crippen LogP contribution >= 0.6 is 11.3 Å². The first-order valence-electron chi connectivity index (χ1n) is 9.11. The number of benzene rings is 1. The zero-order valence-corrected chi connectivity index (χ0v) is 15.7. The van der Waals surface area contributed by atoms with Crippen molar-refractivity contribution < 1.29 is 0 Å². The maximum Gasteiger partial charge on any atom is 0.260 e. The Morgan fingerprint density at radius 3 is 2.86 bits per heavy atom. The largest absolute Gasteiger partial charge is 0.305 e. The molecule has 1 aromatic carbocycles. The number of hydrogen-bond acceptors (Lipinski definition) is 6. The summed E-state index contributed by atoms with van der Waals surface area (Å²) in [6, 6.07) is 9.68. The number of nitrogens with zero attached hydrogens (tertiary/aromatic N) is 4. The first kappa shape index (κ1) is 16.8. The van der Waals surface area contributed by atoms with Gasteiger partial charge in [0, 0.05) is 4.88 Å². The van der Waals surface area contributed by atoms with Crippen LogP contribution in [0.1, 0.15) is 34.8 Å². The fourth-order valence-corrected chi connectivity index (χ4v) is 4.90. The van der Waals surface area contributed by atoms with Crippen LogP contribution in [0.25, 0.3) is 32.9 Å². The summed E-state index contributed by atoms with van der Waals surface area (Å²) in [5, 5.41) is 10.3. The monoisotopic (exact) mass is 385 g/mol. The molecule has 6 nitrogen and oxygen atoms in total. The van der Waals surface area contributed by atoms with E-state index in [4.69, 9.17) is 0 Å². The number of allylic oxidation sites excluding steroid dienone is 1. The summed E-state index contributed by atoms with van der Waals surface area (Å²) < 4.78 is 0. The summed E-state index contributed by atoms with van der Waals surface area (Å²) in [6.07, 6.45) is 7.39. The van der Waals surface area contributed by atoms with Crippen molar-refractivity contribution in [1.82, 2.24) is 19.9 Å². The van der Waals surface area contributed by atoms with Crippen LogP contribution in [-0.4, -0.2) is 19.9 Å². The second-order valence-corrected chi connectivity index (χ2v) is 7.84. The van der Waals surface area contributed by atoms with Gasteiger partial charge in [-0.3, -0.25) is 9.78 Å². The Bertz CT molecular complexity index is 1360. The maximum absolute atomic E-state index is 12.7. The molecule has 4 aromatic rings. The van der Waals surface area contributed by atoms with Crippen LogP contribution in [0, 0.1) is 11.3 Å². The molecule has 0 spiro atoms. The molecule has 0 unspecified atom stereocenters. The lowest BCUT2D eigenvalue weighted by molar-refractivity contribution is 0.700. The van der Waals surface area contributed by atoms with Gasteiger partial charge in [-0.25, -0.2) is 9.97 Å². The average molecular weight is 385 g/mol. The molecule has 1 aliphatic carbocycles. The number of aryl methyl sites for hydroxylation is 2. The second kappa shape index (κ2) is 6.66. The van der Waals surface area contributed by atoms with Crippen LogP contribution in [0.2, 0.25) is 0 Å². The number of H-pyrrole nitrogens is 1. The fourth-order valence-electron chi connectivity index (χ4n) is 3.63. The van der Waals surface area contributed by atoms with E-state index in [2.05, 4.69) is 26.0 Å². The van der Waals surface area contributed by atoms with Crippen molar-refractivity contribution in [3.63, 3.8) is 0 Å². The second-order valence-electron chi connectivity index (χ2n) is 6.76. The van der Waals surface area contributed by atoms with E-state index in [-0.39, 0.29) is 17.0 Å². The number of fused-ring (bicyclic) bond motifs is 4. The van der Waals surface area contributed by atoms with Gasteiger partial charge >= 0.3 is 0 Å². The molecule has 0 atom stereocenters. The van der Waals surface area contributed by atoms with E-state index < -0.39 is 0 Å². The van der Waals surface area contributed by atoms with E-state index in [1.165, 1.54) is 4.88 Å². The topological polar surface area (TPSA) is 95.3 Å². The number of nitrogens with one attached hydrogen (secondary N) is 1. The van der Waals surface area contributed by atoms with E-state index in [1.54, 1.807) is 23.6 Å². The molecule has 1 aliphatic rings. The summed E-state index contributed by atoms with van der Waals surface area (Å²) in [7, 11) is 0. The van der Waals surface area contributed by atoms with Crippen molar-refractivity contribution >= 4 is 44.2 Å². The third-order valence-corrected chi connectivity index (χ3v) is 6.15. The number of hydrogen-bond donors (Lipinski definition) is 1.